The Morgan fingerprint density at radius 1 is 0.889 bits per heavy atom. The van der Waals surface area contributed by atoms with E-state index in [-0.39, 0.29) is 41.5 Å². The van der Waals surface area contributed by atoms with E-state index >= 15 is 0 Å². The molecule has 0 bridgehead atoms. The third-order valence-electron chi connectivity index (χ3n) is 7.11. The summed E-state index contributed by atoms with van der Waals surface area (Å²) >= 11 is 0. The summed E-state index contributed by atoms with van der Waals surface area (Å²) in [5.74, 6) is -0.743. The first-order valence-electron chi connectivity index (χ1n) is 11.1. The third-order valence-corrected chi connectivity index (χ3v) is 9.30. The summed E-state index contributed by atoms with van der Waals surface area (Å²) < 4.78 is 121. The Morgan fingerprint density at radius 2 is 1.44 bits per heavy atom. The van der Waals surface area contributed by atoms with Crippen molar-refractivity contribution in [2.75, 3.05) is 6.54 Å². The Kier molecular flexibility index (Phi) is 6.29. The second-order valence-electron chi connectivity index (χ2n) is 9.81. The molecule has 2 aliphatic rings. The van der Waals surface area contributed by atoms with Gasteiger partial charge in [-0.25, -0.2) is 12.8 Å². The van der Waals surface area contributed by atoms with E-state index in [1.807, 2.05) is 0 Å². The van der Waals surface area contributed by atoms with E-state index in [0.29, 0.717) is 17.7 Å². The van der Waals surface area contributed by atoms with E-state index in [2.05, 4.69) is 5.32 Å². The molecule has 198 valence electrons. The van der Waals surface area contributed by atoms with E-state index in [4.69, 9.17) is 0 Å². The molecule has 0 aromatic heterocycles. The second kappa shape index (κ2) is 8.42. The lowest BCUT2D eigenvalue weighted by Crippen LogP contribution is -2.50. The number of benzene rings is 2. The molecule has 1 heterocycles. The maximum absolute atomic E-state index is 14.6. The zero-order valence-electron chi connectivity index (χ0n) is 19.2. The molecule has 0 amide bonds. The fraction of sp³-hybridized carbons (Fsp3) is 0.500. The van der Waals surface area contributed by atoms with Crippen LogP contribution in [0.3, 0.4) is 0 Å². The number of sulfone groups is 1. The van der Waals surface area contributed by atoms with E-state index in [1.54, 1.807) is 13.8 Å². The number of nitrogens with one attached hydrogen (secondary N) is 1. The minimum Gasteiger partial charge on any atom is -0.386 e. The number of hydrogen-bond donors (Lipinski definition) is 2. The van der Waals surface area contributed by atoms with Gasteiger partial charge in [-0.1, -0.05) is 30.3 Å². The monoisotopic (exact) mass is 539 g/mol. The molecule has 12 heteroatoms. The van der Waals surface area contributed by atoms with Gasteiger partial charge in [0.1, 0.15) is 0 Å². The highest BCUT2D eigenvalue weighted by Crippen LogP contribution is 2.54. The van der Waals surface area contributed by atoms with Crippen LogP contribution in [0.1, 0.15) is 48.4 Å². The van der Waals surface area contributed by atoms with E-state index in [0.717, 1.165) is 6.07 Å². The molecule has 3 atom stereocenters. The Bertz CT molecular complexity index is 1230. The Hall–Kier alpha value is -2.18. The standard InChI is InChI=1S/C24H24F7NO3S/c1-21(2,33)14-4-7-16(8-5-14)36(34,35)19-12-32-18-10-3-13-11-15(6-9-17(13)20(18)19)22(25,23(26,27)28)24(29,30)31/h4-9,11,18-20,32-33H,3,10,12H2,1-2H3. The summed E-state index contributed by atoms with van der Waals surface area (Å²) in [6, 6.07) is 7.29. The largest absolute Gasteiger partial charge is 0.435 e. The zero-order valence-corrected chi connectivity index (χ0v) is 20.0. The lowest BCUT2D eigenvalue weighted by Gasteiger charge is -2.34. The molecule has 1 aliphatic carbocycles. The molecular formula is C24H24F7NO3S. The Labute approximate surface area is 203 Å². The molecule has 0 spiro atoms. The predicted octanol–water partition coefficient (Wildman–Crippen LogP) is 5.05. The smallest absolute Gasteiger partial charge is 0.386 e. The van der Waals surface area contributed by atoms with Crippen LogP contribution in [0.2, 0.25) is 0 Å². The Morgan fingerprint density at radius 3 is 1.97 bits per heavy atom. The second-order valence-corrected chi connectivity index (χ2v) is 12.0. The quantitative estimate of drug-likeness (QED) is 0.534. The van der Waals surface area contributed by atoms with Gasteiger partial charge in [0.05, 0.1) is 15.7 Å². The first kappa shape index (κ1) is 26.9. The number of hydrogen-bond acceptors (Lipinski definition) is 4. The van der Waals surface area contributed by atoms with Gasteiger partial charge in [0.2, 0.25) is 0 Å². The number of aliphatic hydroxyl groups is 1. The topological polar surface area (TPSA) is 66.4 Å². The summed E-state index contributed by atoms with van der Waals surface area (Å²) in [5.41, 5.74) is -7.48. The first-order chi connectivity index (χ1) is 16.4. The average molecular weight is 540 g/mol. The number of alkyl halides is 7. The third kappa shape index (κ3) is 4.20. The van der Waals surface area contributed by atoms with Crippen molar-refractivity contribution in [2.45, 2.75) is 72.4 Å². The van der Waals surface area contributed by atoms with Crippen molar-refractivity contribution in [3.05, 3.63) is 64.7 Å². The maximum atomic E-state index is 14.6. The van der Waals surface area contributed by atoms with Crippen molar-refractivity contribution >= 4 is 9.84 Å². The van der Waals surface area contributed by atoms with E-state index < -0.39 is 50.2 Å². The molecule has 4 rings (SSSR count). The molecule has 0 saturated carbocycles. The van der Waals surface area contributed by atoms with Crippen LogP contribution in [-0.2, 0) is 27.5 Å². The van der Waals surface area contributed by atoms with Gasteiger partial charge in [-0.15, -0.1) is 0 Å². The van der Waals surface area contributed by atoms with Crippen LogP contribution in [0, 0.1) is 0 Å². The molecule has 1 aliphatic heterocycles. The van der Waals surface area contributed by atoms with Gasteiger partial charge < -0.3 is 10.4 Å². The summed E-state index contributed by atoms with van der Waals surface area (Å²) in [6.45, 7) is 3.11. The molecule has 1 saturated heterocycles. The molecule has 4 nitrogen and oxygen atoms in total. The van der Waals surface area contributed by atoms with Crippen LogP contribution in [0.5, 0.6) is 0 Å². The van der Waals surface area contributed by atoms with Crippen LogP contribution in [0.25, 0.3) is 0 Å². The molecule has 1 fully saturated rings. The van der Waals surface area contributed by atoms with Crippen LogP contribution in [-0.4, -0.2) is 43.7 Å². The lowest BCUT2D eigenvalue weighted by atomic mass is 9.77. The van der Waals surface area contributed by atoms with Gasteiger partial charge in [0.15, 0.2) is 9.84 Å². The van der Waals surface area contributed by atoms with E-state index in [1.165, 1.54) is 24.3 Å². The van der Waals surface area contributed by atoms with Gasteiger partial charge in [-0.3, -0.25) is 0 Å². The van der Waals surface area contributed by atoms with Gasteiger partial charge in [0.25, 0.3) is 0 Å². The fourth-order valence-corrected chi connectivity index (χ4v) is 7.07. The Balaban J connectivity index is 1.74. The molecule has 2 N–H and O–H groups in total. The SMILES string of the molecule is CC(C)(O)c1ccc(S(=O)(=O)C2CNC3CCc4cc(C(F)(C(F)(F)F)C(F)(F)F)ccc4C32)cc1. The van der Waals surface area contributed by atoms with Crippen molar-refractivity contribution < 1.29 is 44.3 Å². The number of aryl methyl sites for hydroxylation is 1. The van der Waals surface area contributed by atoms with Crippen molar-refractivity contribution in [1.29, 1.82) is 0 Å². The minimum atomic E-state index is -6.23. The maximum Gasteiger partial charge on any atom is 0.435 e. The molecular weight excluding hydrogens is 515 g/mol. The van der Waals surface area contributed by atoms with Crippen LogP contribution >= 0.6 is 0 Å². The highest BCUT2D eigenvalue weighted by Gasteiger charge is 2.73. The summed E-state index contributed by atoms with van der Waals surface area (Å²) in [7, 11) is -3.98. The van der Waals surface area contributed by atoms with Crippen LogP contribution in [0.15, 0.2) is 47.4 Å². The average Bonchev–Trinajstić information content (AvgIpc) is 3.21. The number of fused-ring (bicyclic) bond motifs is 3. The minimum absolute atomic E-state index is 0.0244. The zero-order chi connectivity index (χ0) is 26.9. The first-order valence-corrected chi connectivity index (χ1v) is 12.7. The van der Waals surface area contributed by atoms with Crippen molar-refractivity contribution in [1.82, 2.24) is 5.32 Å². The highest BCUT2D eigenvalue weighted by atomic mass is 32.2. The van der Waals surface area contributed by atoms with Crippen LogP contribution < -0.4 is 5.32 Å². The summed E-state index contributed by atoms with van der Waals surface area (Å²) in [4.78, 5) is -0.0244. The van der Waals surface area contributed by atoms with Crippen molar-refractivity contribution in [3.63, 3.8) is 0 Å². The van der Waals surface area contributed by atoms with Gasteiger partial charge in [-0.2, -0.15) is 26.3 Å². The number of rotatable bonds is 4. The number of halogens is 7. The van der Waals surface area contributed by atoms with Gasteiger partial charge >= 0.3 is 18.0 Å². The van der Waals surface area contributed by atoms with Gasteiger partial charge in [0, 0.05) is 24.1 Å². The lowest BCUT2D eigenvalue weighted by molar-refractivity contribution is -0.348. The molecule has 3 unspecified atom stereocenters. The normalized spacial score (nSPS) is 23.3. The summed E-state index contributed by atoms with van der Waals surface area (Å²) in [5, 5.41) is 12.2. The van der Waals surface area contributed by atoms with E-state index in [9.17, 15) is 44.3 Å². The molecule has 2 aromatic rings. The predicted molar refractivity (Wildman–Crippen MR) is 117 cm³/mol. The molecule has 2 aromatic carbocycles. The van der Waals surface area contributed by atoms with Gasteiger partial charge in [-0.05, 0) is 55.5 Å². The van der Waals surface area contributed by atoms with Crippen molar-refractivity contribution in [3.8, 4) is 0 Å². The molecule has 36 heavy (non-hydrogen) atoms. The summed E-state index contributed by atoms with van der Waals surface area (Å²) in [6.07, 6.45) is -12.1. The van der Waals surface area contributed by atoms with Crippen molar-refractivity contribution in [2.24, 2.45) is 0 Å². The molecule has 0 radical (unpaired) electrons. The fourth-order valence-electron chi connectivity index (χ4n) is 5.17. The van der Waals surface area contributed by atoms with Crippen LogP contribution in [0.4, 0.5) is 30.7 Å². The highest BCUT2D eigenvalue weighted by molar-refractivity contribution is 7.92.